The lowest BCUT2D eigenvalue weighted by atomic mass is 9.92. The highest BCUT2D eigenvalue weighted by atomic mass is 19.1. The molecule has 19 heavy (non-hydrogen) atoms. The van der Waals surface area contributed by atoms with Crippen LogP contribution in [0.1, 0.15) is 51.0 Å². The van der Waals surface area contributed by atoms with E-state index in [0.717, 1.165) is 18.9 Å². The molecule has 1 nitrogen and oxygen atoms in total. The molecular formula is C17H26FN. The van der Waals surface area contributed by atoms with Crippen LogP contribution in [0.5, 0.6) is 0 Å². The van der Waals surface area contributed by atoms with Crippen molar-refractivity contribution in [1.82, 2.24) is 5.32 Å². The van der Waals surface area contributed by atoms with Crippen LogP contribution in [0.3, 0.4) is 0 Å². The van der Waals surface area contributed by atoms with E-state index in [1.807, 2.05) is 12.1 Å². The zero-order chi connectivity index (χ0) is 13.5. The number of rotatable bonds is 7. The van der Waals surface area contributed by atoms with Crippen molar-refractivity contribution in [2.45, 2.75) is 57.9 Å². The molecule has 1 unspecified atom stereocenters. The predicted molar refractivity (Wildman–Crippen MR) is 78.8 cm³/mol. The maximum atomic E-state index is 12.9. The summed E-state index contributed by atoms with van der Waals surface area (Å²) in [5.74, 6) is 0.715. The van der Waals surface area contributed by atoms with Crippen molar-refractivity contribution < 1.29 is 4.39 Å². The average molecular weight is 263 g/mol. The summed E-state index contributed by atoms with van der Waals surface area (Å²) in [5, 5.41) is 3.72. The molecule has 0 bridgehead atoms. The Morgan fingerprint density at radius 1 is 1.21 bits per heavy atom. The highest BCUT2D eigenvalue weighted by molar-refractivity contribution is 5.16. The molecule has 0 spiro atoms. The number of hydrogen-bond donors (Lipinski definition) is 1. The minimum absolute atomic E-state index is 0.139. The van der Waals surface area contributed by atoms with Crippen LogP contribution in [0.2, 0.25) is 0 Å². The van der Waals surface area contributed by atoms with Gasteiger partial charge < -0.3 is 5.32 Å². The first-order chi connectivity index (χ1) is 9.29. The van der Waals surface area contributed by atoms with Crippen LogP contribution in [-0.2, 0) is 6.42 Å². The highest BCUT2D eigenvalue weighted by Gasteiger charge is 2.24. The molecule has 1 fully saturated rings. The minimum atomic E-state index is -0.139. The van der Waals surface area contributed by atoms with Crippen molar-refractivity contribution in [3.05, 3.63) is 35.6 Å². The average Bonchev–Trinajstić information content (AvgIpc) is 2.95. The molecule has 0 saturated heterocycles. The molecule has 0 amide bonds. The van der Waals surface area contributed by atoms with Gasteiger partial charge in [-0.15, -0.1) is 0 Å². The van der Waals surface area contributed by atoms with Crippen LogP contribution < -0.4 is 5.32 Å². The molecule has 1 aliphatic rings. The van der Waals surface area contributed by atoms with Gasteiger partial charge >= 0.3 is 0 Å². The third-order valence-electron chi connectivity index (χ3n) is 4.28. The van der Waals surface area contributed by atoms with Crippen molar-refractivity contribution in [3.8, 4) is 0 Å². The summed E-state index contributed by atoms with van der Waals surface area (Å²) < 4.78 is 12.9. The molecule has 1 N–H and O–H groups in total. The molecule has 0 radical (unpaired) electrons. The summed E-state index contributed by atoms with van der Waals surface area (Å²) in [6.45, 7) is 3.34. The predicted octanol–water partition coefficient (Wildman–Crippen LogP) is 4.32. The number of benzene rings is 1. The van der Waals surface area contributed by atoms with Crippen LogP contribution >= 0.6 is 0 Å². The summed E-state index contributed by atoms with van der Waals surface area (Å²) in [6, 6.07) is 7.62. The van der Waals surface area contributed by atoms with Crippen LogP contribution in [0.25, 0.3) is 0 Å². The fourth-order valence-electron chi connectivity index (χ4n) is 3.17. The van der Waals surface area contributed by atoms with E-state index in [1.165, 1.54) is 44.1 Å². The van der Waals surface area contributed by atoms with E-state index in [0.29, 0.717) is 6.04 Å². The van der Waals surface area contributed by atoms with Gasteiger partial charge in [-0.2, -0.15) is 0 Å². The van der Waals surface area contributed by atoms with Crippen LogP contribution in [0.15, 0.2) is 24.3 Å². The molecule has 106 valence electrons. The monoisotopic (exact) mass is 263 g/mol. The SMILES string of the molecule is CCCNC(CCc1ccc(F)cc1)C1CCCC1. The Balaban J connectivity index is 1.86. The fraction of sp³-hybridized carbons (Fsp3) is 0.647. The molecular weight excluding hydrogens is 237 g/mol. The molecule has 2 heteroatoms. The maximum Gasteiger partial charge on any atom is 0.123 e. The van der Waals surface area contributed by atoms with Gasteiger partial charge in [0.2, 0.25) is 0 Å². The third kappa shape index (κ3) is 4.61. The van der Waals surface area contributed by atoms with Gasteiger partial charge in [-0.1, -0.05) is 31.9 Å². The van der Waals surface area contributed by atoms with E-state index in [9.17, 15) is 4.39 Å². The molecule has 1 saturated carbocycles. The Hall–Kier alpha value is -0.890. The maximum absolute atomic E-state index is 12.9. The molecule has 2 rings (SSSR count). The molecule has 0 aliphatic heterocycles. The molecule has 0 aromatic heterocycles. The second-order valence-electron chi connectivity index (χ2n) is 5.77. The second kappa shape index (κ2) is 7.64. The van der Waals surface area contributed by atoms with Gasteiger partial charge in [0, 0.05) is 6.04 Å². The lowest BCUT2D eigenvalue weighted by Gasteiger charge is -2.24. The zero-order valence-corrected chi connectivity index (χ0v) is 12.0. The first-order valence-electron chi connectivity index (χ1n) is 7.77. The first kappa shape index (κ1) is 14.5. The van der Waals surface area contributed by atoms with Gasteiger partial charge in [0.05, 0.1) is 0 Å². The van der Waals surface area contributed by atoms with Crippen molar-refractivity contribution in [2.75, 3.05) is 6.54 Å². The van der Waals surface area contributed by atoms with Crippen LogP contribution in [-0.4, -0.2) is 12.6 Å². The van der Waals surface area contributed by atoms with Gasteiger partial charge in [0.15, 0.2) is 0 Å². The van der Waals surface area contributed by atoms with E-state index >= 15 is 0 Å². The molecule has 0 heterocycles. The Bertz CT molecular complexity index is 354. The number of aryl methyl sites for hydroxylation is 1. The topological polar surface area (TPSA) is 12.0 Å². The summed E-state index contributed by atoms with van der Waals surface area (Å²) in [7, 11) is 0. The molecule has 1 aromatic carbocycles. The number of hydrogen-bond acceptors (Lipinski definition) is 1. The summed E-state index contributed by atoms with van der Waals surface area (Å²) in [6.07, 6.45) is 8.97. The zero-order valence-electron chi connectivity index (χ0n) is 12.0. The quantitative estimate of drug-likeness (QED) is 0.772. The van der Waals surface area contributed by atoms with Crippen LogP contribution in [0.4, 0.5) is 4.39 Å². The highest BCUT2D eigenvalue weighted by Crippen LogP contribution is 2.29. The van der Waals surface area contributed by atoms with E-state index in [1.54, 1.807) is 12.1 Å². The second-order valence-corrected chi connectivity index (χ2v) is 5.77. The van der Waals surface area contributed by atoms with E-state index in [4.69, 9.17) is 0 Å². The summed E-state index contributed by atoms with van der Waals surface area (Å²) in [5.41, 5.74) is 1.25. The standard InChI is InChI=1S/C17H26FN/c1-2-13-19-17(15-5-3-4-6-15)12-9-14-7-10-16(18)11-8-14/h7-8,10-11,15,17,19H,2-6,9,12-13H2,1H3. The third-order valence-corrected chi connectivity index (χ3v) is 4.28. The Morgan fingerprint density at radius 2 is 1.89 bits per heavy atom. The first-order valence-corrected chi connectivity index (χ1v) is 7.77. The summed E-state index contributed by atoms with van der Waals surface area (Å²) in [4.78, 5) is 0. The fourth-order valence-corrected chi connectivity index (χ4v) is 3.17. The largest absolute Gasteiger partial charge is 0.314 e. The Kier molecular flexibility index (Phi) is 5.84. The van der Waals surface area contributed by atoms with Crippen molar-refractivity contribution in [3.63, 3.8) is 0 Å². The molecule has 1 aromatic rings. The van der Waals surface area contributed by atoms with Gasteiger partial charge in [-0.05, 0) is 62.3 Å². The van der Waals surface area contributed by atoms with Crippen LogP contribution in [0, 0.1) is 11.7 Å². The Morgan fingerprint density at radius 3 is 2.53 bits per heavy atom. The van der Waals surface area contributed by atoms with Gasteiger partial charge in [-0.25, -0.2) is 4.39 Å². The van der Waals surface area contributed by atoms with Crippen molar-refractivity contribution >= 4 is 0 Å². The lowest BCUT2D eigenvalue weighted by molar-refractivity contribution is 0.341. The number of halogens is 1. The van der Waals surface area contributed by atoms with Gasteiger partial charge in [0.25, 0.3) is 0 Å². The Labute approximate surface area is 116 Å². The smallest absolute Gasteiger partial charge is 0.123 e. The molecule has 1 aliphatic carbocycles. The van der Waals surface area contributed by atoms with E-state index in [2.05, 4.69) is 12.2 Å². The van der Waals surface area contributed by atoms with Crippen molar-refractivity contribution in [1.29, 1.82) is 0 Å². The van der Waals surface area contributed by atoms with E-state index < -0.39 is 0 Å². The number of nitrogens with one attached hydrogen (secondary N) is 1. The van der Waals surface area contributed by atoms with E-state index in [-0.39, 0.29) is 5.82 Å². The summed E-state index contributed by atoms with van der Waals surface area (Å²) >= 11 is 0. The van der Waals surface area contributed by atoms with Gasteiger partial charge in [0.1, 0.15) is 5.82 Å². The van der Waals surface area contributed by atoms with Gasteiger partial charge in [-0.3, -0.25) is 0 Å². The lowest BCUT2D eigenvalue weighted by Crippen LogP contribution is -2.36. The van der Waals surface area contributed by atoms with Crippen molar-refractivity contribution in [2.24, 2.45) is 5.92 Å². The molecule has 1 atom stereocenters. The minimum Gasteiger partial charge on any atom is -0.314 e. The normalized spacial score (nSPS) is 17.8.